The molecule has 2 heterocycles. The van der Waals surface area contributed by atoms with Crippen LogP contribution in [0, 0.1) is 5.41 Å². The third kappa shape index (κ3) is 2.75. The molecule has 0 aliphatic carbocycles. The molecular weight excluding hydrogens is 317 g/mol. The Bertz CT molecular complexity index is 667. The van der Waals surface area contributed by atoms with Gasteiger partial charge in [-0.2, -0.15) is 17.5 Å². The van der Waals surface area contributed by atoms with Crippen LogP contribution in [0.15, 0.2) is 29.2 Å². The van der Waals surface area contributed by atoms with E-state index in [0.29, 0.717) is 19.2 Å². The molecule has 4 nitrogen and oxygen atoms in total. The first-order chi connectivity index (χ1) is 10.2. The standard InChI is InChI=1S/C14H17F3N2O2S/c15-14(16,17)11-2-1-3-12(8-11)22(20,21)19-7-5-13(10-19)4-6-18-9-13/h1-3,8,18H,4-7,9-10H2. The second kappa shape index (κ2) is 5.21. The van der Waals surface area contributed by atoms with Gasteiger partial charge >= 0.3 is 6.18 Å². The number of benzene rings is 1. The Balaban J connectivity index is 1.88. The lowest BCUT2D eigenvalue weighted by atomic mass is 9.87. The van der Waals surface area contributed by atoms with Gasteiger partial charge < -0.3 is 5.32 Å². The van der Waals surface area contributed by atoms with Crippen molar-refractivity contribution < 1.29 is 21.6 Å². The highest BCUT2D eigenvalue weighted by atomic mass is 32.2. The van der Waals surface area contributed by atoms with Crippen LogP contribution in [0.25, 0.3) is 0 Å². The predicted octanol–water partition coefficient (Wildman–Crippen LogP) is 2.08. The highest BCUT2D eigenvalue weighted by Gasteiger charge is 2.44. The molecule has 1 aromatic carbocycles. The van der Waals surface area contributed by atoms with Gasteiger partial charge in [-0.3, -0.25) is 0 Å². The Morgan fingerprint density at radius 3 is 2.64 bits per heavy atom. The molecule has 0 bridgehead atoms. The van der Waals surface area contributed by atoms with E-state index in [-0.39, 0.29) is 10.3 Å². The van der Waals surface area contributed by atoms with Crippen molar-refractivity contribution in [3.05, 3.63) is 29.8 Å². The van der Waals surface area contributed by atoms with Gasteiger partial charge in [0.2, 0.25) is 10.0 Å². The normalized spacial score (nSPS) is 26.9. The second-order valence-corrected chi connectivity index (χ2v) is 7.98. The Labute approximate surface area is 127 Å². The number of hydrogen-bond acceptors (Lipinski definition) is 3. The number of hydrogen-bond donors (Lipinski definition) is 1. The predicted molar refractivity (Wildman–Crippen MR) is 74.7 cm³/mol. The van der Waals surface area contributed by atoms with E-state index in [2.05, 4.69) is 5.32 Å². The summed E-state index contributed by atoms with van der Waals surface area (Å²) in [5.74, 6) is 0. The van der Waals surface area contributed by atoms with E-state index in [1.807, 2.05) is 0 Å². The van der Waals surface area contributed by atoms with Gasteiger partial charge in [-0.1, -0.05) is 6.07 Å². The minimum absolute atomic E-state index is 0.0608. The molecule has 2 saturated heterocycles. The van der Waals surface area contributed by atoms with Gasteiger partial charge in [0.1, 0.15) is 0 Å². The fraction of sp³-hybridized carbons (Fsp3) is 0.571. The van der Waals surface area contributed by atoms with Gasteiger partial charge in [0, 0.05) is 19.6 Å². The topological polar surface area (TPSA) is 49.4 Å². The quantitative estimate of drug-likeness (QED) is 0.901. The van der Waals surface area contributed by atoms with Crippen molar-refractivity contribution in [1.29, 1.82) is 0 Å². The van der Waals surface area contributed by atoms with Crippen molar-refractivity contribution in [3.8, 4) is 0 Å². The highest BCUT2D eigenvalue weighted by Crippen LogP contribution is 2.39. The molecular formula is C14H17F3N2O2S. The first kappa shape index (κ1) is 15.8. The Hall–Kier alpha value is -1.12. The van der Waals surface area contributed by atoms with E-state index in [1.54, 1.807) is 0 Å². The van der Waals surface area contributed by atoms with Gasteiger partial charge in [0.15, 0.2) is 0 Å². The van der Waals surface area contributed by atoms with Gasteiger partial charge in [0.25, 0.3) is 0 Å². The lowest BCUT2D eigenvalue weighted by molar-refractivity contribution is -0.137. The molecule has 0 aromatic heterocycles. The molecule has 1 atom stereocenters. The zero-order valence-electron chi connectivity index (χ0n) is 11.9. The molecule has 122 valence electrons. The zero-order valence-corrected chi connectivity index (χ0v) is 12.7. The van der Waals surface area contributed by atoms with E-state index in [1.165, 1.54) is 10.4 Å². The third-order valence-electron chi connectivity index (χ3n) is 4.53. The van der Waals surface area contributed by atoms with Crippen LogP contribution in [0.3, 0.4) is 0 Å². The molecule has 1 N–H and O–H groups in total. The van der Waals surface area contributed by atoms with Gasteiger partial charge in [-0.05, 0) is 43.0 Å². The fourth-order valence-corrected chi connectivity index (χ4v) is 4.83. The Kier molecular flexibility index (Phi) is 3.73. The summed E-state index contributed by atoms with van der Waals surface area (Å²) in [5.41, 5.74) is -1.00. The number of nitrogens with one attached hydrogen (secondary N) is 1. The Morgan fingerprint density at radius 1 is 1.23 bits per heavy atom. The molecule has 8 heteroatoms. The number of alkyl halides is 3. The van der Waals surface area contributed by atoms with Crippen molar-refractivity contribution in [3.63, 3.8) is 0 Å². The molecule has 3 rings (SSSR count). The van der Waals surface area contributed by atoms with Crippen molar-refractivity contribution in [2.45, 2.75) is 23.9 Å². The van der Waals surface area contributed by atoms with E-state index in [4.69, 9.17) is 0 Å². The SMILES string of the molecule is O=S(=O)(c1cccc(C(F)(F)F)c1)N1CCC2(CCNC2)C1. The summed E-state index contributed by atoms with van der Waals surface area (Å²) in [6.45, 7) is 2.36. The summed E-state index contributed by atoms with van der Waals surface area (Å²) in [4.78, 5) is -0.287. The Morgan fingerprint density at radius 2 is 2.00 bits per heavy atom. The minimum atomic E-state index is -4.55. The van der Waals surface area contributed by atoms with E-state index in [9.17, 15) is 21.6 Å². The van der Waals surface area contributed by atoms with Crippen molar-refractivity contribution in [1.82, 2.24) is 9.62 Å². The first-order valence-electron chi connectivity index (χ1n) is 7.11. The van der Waals surface area contributed by atoms with Crippen LogP contribution in [-0.4, -0.2) is 38.9 Å². The van der Waals surface area contributed by atoms with Crippen LogP contribution in [0.4, 0.5) is 13.2 Å². The van der Waals surface area contributed by atoms with Crippen molar-refractivity contribution in [2.24, 2.45) is 5.41 Å². The molecule has 0 radical (unpaired) electrons. The van der Waals surface area contributed by atoms with Gasteiger partial charge in [0.05, 0.1) is 10.5 Å². The molecule has 1 aromatic rings. The van der Waals surface area contributed by atoms with Gasteiger partial charge in [-0.25, -0.2) is 8.42 Å². The van der Waals surface area contributed by atoms with E-state index >= 15 is 0 Å². The maximum absolute atomic E-state index is 12.8. The summed E-state index contributed by atoms with van der Waals surface area (Å²) in [7, 11) is -3.88. The number of halogens is 3. The third-order valence-corrected chi connectivity index (χ3v) is 6.38. The summed E-state index contributed by atoms with van der Waals surface area (Å²) in [5, 5.41) is 3.23. The second-order valence-electron chi connectivity index (χ2n) is 6.04. The largest absolute Gasteiger partial charge is 0.416 e. The lowest BCUT2D eigenvalue weighted by Crippen LogP contribution is -2.33. The average molecular weight is 334 g/mol. The van der Waals surface area contributed by atoms with E-state index < -0.39 is 21.8 Å². The molecule has 22 heavy (non-hydrogen) atoms. The number of sulfonamides is 1. The molecule has 0 saturated carbocycles. The summed E-state index contributed by atoms with van der Waals surface area (Å²) in [6, 6.07) is 3.96. The van der Waals surface area contributed by atoms with Crippen LogP contribution < -0.4 is 5.32 Å². The fourth-order valence-electron chi connectivity index (χ4n) is 3.23. The molecule has 1 spiro atoms. The molecule has 0 amide bonds. The summed E-state index contributed by atoms with van der Waals surface area (Å²) >= 11 is 0. The highest BCUT2D eigenvalue weighted by molar-refractivity contribution is 7.89. The molecule has 2 aliphatic rings. The average Bonchev–Trinajstić information content (AvgIpc) is 3.09. The van der Waals surface area contributed by atoms with Crippen LogP contribution in [0.5, 0.6) is 0 Å². The smallest absolute Gasteiger partial charge is 0.316 e. The zero-order chi connectivity index (χ0) is 16.0. The summed E-state index contributed by atoms with van der Waals surface area (Å²) < 4.78 is 64.8. The molecule has 2 aliphatic heterocycles. The number of rotatable bonds is 2. The van der Waals surface area contributed by atoms with Crippen molar-refractivity contribution >= 4 is 10.0 Å². The monoisotopic (exact) mass is 334 g/mol. The van der Waals surface area contributed by atoms with Crippen LogP contribution in [0.1, 0.15) is 18.4 Å². The molecule has 1 unspecified atom stereocenters. The van der Waals surface area contributed by atoms with Crippen LogP contribution in [0.2, 0.25) is 0 Å². The lowest BCUT2D eigenvalue weighted by Gasteiger charge is -2.22. The molecule has 2 fully saturated rings. The van der Waals surface area contributed by atoms with Crippen LogP contribution >= 0.6 is 0 Å². The minimum Gasteiger partial charge on any atom is -0.316 e. The number of nitrogens with zero attached hydrogens (tertiary/aromatic N) is 1. The van der Waals surface area contributed by atoms with Crippen LogP contribution in [-0.2, 0) is 16.2 Å². The maximum Gasteiger partial charge on any atom is 0.416 e. The summed E-state index contributed by atoms with van der Waals surface area (Å²) in [6.07, 6.45) is -2.90. The maximum atomic E-state index is 12.8. The van der Waals surface area contributed by atoms with Crippen molar-refractivity contribution in [2.75, 3.05) is 26.2 Å². The van der Waals surface area contributed by atoms with Gasteiger partial charge in [-0.15, -0.1) is 0 Å². The first-order valence-corrected chi connectivity index (χ1v) is 8.55. The van der Waals surface area contributed by atoms with E-state index in [0.717, 1.165) is 38.1 Å².